The van der Waals surface area contributed by atoms with Crippen molar-refractivity contribution in [1.29, 1.82) is 0 Å². The van der Waals surface area contributed by atoms with Crippen molar-refractivity contribution in [2.24, 2.45) is 11.8 Å². The second kappa shape index (κ2) is 13.4. The van der Waals surface area contributed by atoms with Crippen LogP contribution < -0.4 is 15.4 Å². The van der Waals surface area contributed by atoms with E-state index in [1.165, 1.54) is 4.90 Å². The Morgan fingerprint density at radius 3 is 2.34 bits per heavy atom. The van der Waals surface area contributed by atoms with Crippen LogP contribution in [0.2, 0.25) is 0 Å². The summed E-state index contributed by atoms with van der Waals surface area (Å²) >= 11 is 0. The third-order valence-electron chi connectivity index (χ3n) is 9.69. The topological polar surface area (TPSA) is 151 Å². The van der Waals surface area contributed by atoms with Gasteiger partial charge in [0.1, 0.15) is 18.1 Å². The summed E-state index contributed by atoms with van der Waals surface area (Å²) in [6.45, 7) is 4.10. The van der Waals surface area contributed by atoms with E-state index in [0.717, 1.165) is 18.4 Å². The number of carbonyl (C=O) groups excluding carboxylic acids is 5. The molecule has 2 aliphatic heterocycles. The third kappa shape index (κ3) is 5.99. The molecule has 246 valence electrons. The summed E-state index contributed by atoms with van der Waals surface area (Å²) in [7, 11) is 1.58. The molecule has 0 saturated heterocycles. The van der Waals surface area contributed by atoms with Crippen LogP contribution in [0.1, 0.15) is 85.4 Å². The van der Waals surface area contributed by atoms with Crippen LogP contribution in [0.25, 0.3) is 0 Å². The van der Waals surface area contributed by atoms with E-state index in [0.29, 0.717) is 59.6 Å². The fourth-order valence-corrected chi connectivity index (χ4v) is 7.07. The van der Waals surface area contributed by atoms with Gasteiger partial charge in [-0.2, -0.15) is 0 Å². The molecule has 1 aliphatic carbocycles. The number of nitrogens with one attached hydrogen (secondary N) is 2. The first kappa shape index (κ1) is 32.0. The average molecular weight is 642 g/mol. The summed E-state index contributed by atoms with van der Waals surface area (Å²) < 4.78 is 11.3. The minimum Gasteiger partial charge on any atom is -0.491 e. The molecule has 47 heavy (non-hydrogen) atoms. The molecule has 0 bridgehead atoms. The van der Waals surface area contributed by atoms with Crippen molar-refractivity contribution in [3.63, 3.8) is 0 Å². The first-order valence-electron chi connectivity index (χ1n) is 16.1. The standard InChI is InChI=1S/C35H39N5O7/c1-20-21(2)47-38-30(20)32(42)37-16-18-46-28-14-8-9-22-15-17-39(33(43)24-11-5-4-10-23(24)31(41)36-3)27(29(22)28)19-40-34(44)25-12-6-7-13-26(25)35(40)45/h6-9,12-14,23-24,27H,4-5,10-11,15-19H2,1-3H3,(H,36,41)(H,37,42)/t23-,24+,27+/m0/s1. The van der Waals surface area contributed by atoms with E-state index in [1.54, 1.807) is 56.1 Å². The lowest BCUT2D eigenvalue weighted by Crippen LogP contribution is -2.51. The molecule has 5 amide bonds. The number of aromatic nitrogens is 1. The first-order chi connectivity index (χ1) is 22.7. The van der Waals surface area contributed by atoms with Crippen molar-refractivity contribution in [2.75, 3.05) is 33.3 Å². The predicted octanol–water partition coefficient (Wildman–Crippen LogP) is 3.37. The van der Waals surface area contributed by atoms with Gasteiger partial charge in [-0.05, 0) is 56.9 Å². The zero-order chi connectivity index (χ0) is 33.2. The lowest BCUT2D eigenvalue weighted by Gasteiger charge is -2.42. The van der Waals surface area contributed by atoms with Crippen molar-refractivity contribution in [1.82, 2.24) is 25.6 Å². The van der Waals surface area contributed by atoms with E-state index >= 15 is 0 Å². The van der Waals surface area contributed by atoms with Crippen molar-refractivity contribution in [2.45, 2.75) is 52.0 Å². The largest absolute Gasteiger partial charge is 0.491 e. The summed E-state index contributed by atoms with van der Waals surface area (Å²) in [4.78, 5) is 69.9. The highest BCUT2D eigenvalue weighted by molar-refractivity contribution is 6.21. The zero-order valence-electron chi connectivity index (χ0n) is 26.8. The molecule has 12 nitrogen and oxygen atoms in total. The molecule has 0 unspecified atom stereocenters. The van der Waals surface area contributed by atoms with Gasteiger partial charge >= 0.3 is 0 Å². The SMILES string of the molecule is CNC(=O)[C@H]1CCCC[C@H]1C(=O)N1CCc2cccc(OCCNC(=O)c3noc(C)c3C)c2[C@H]1CN1C(=O)c2ccccc2C1=O. The van der Waals surface area contributed by atoms with Gasteiger partial charge in [-0.1, -0.05) is 42.3 Å². The van der Waals surface area contributed by atoms with Crippen LogP contribution >= 0.6 is 0 Å². The Morgan fingerprint density at radius 1 is 0.979 bits per heavy atom. The van der Waals surface area contributed by atoms with Gasteiger partial charge in [0, 0.05) is 36.6 Å². The molecular weight excluding hydrogens is 602 g/mol. The van der Waals surface area contributed by atoms with Gasteiger partial charge in [0.25, 0.3) is 17.7 Å². The number of rotatable bonds is 9. The summed E-state index contributed by atoms with van der Waals surface area (Å²) in [5.74, 6) is -1.41. The quantitative estimate of drug-likeness (QED) is 0.267. The Labute approximate surface area is 272 Å². The predicted molar refractivity (Wildman–Crippen MR) is 170 cm³/mol. The number of nitrogens with zero attached hydrogens (tertiary/aromatic N) is 3. The van der Waals surface area contributed by atoms with E-state index < -0.39 is 29.7 Å². The van der Waals surface area contributed by atoms with Gasteiger partial charge in [0.05, 0.1) is 30.3 Å². The highest BCUT2D eigenvalue weighted by atomic mass is 16.5. The fraction of sp³-hybridized carbons (Fsp3) is 0.429. The Morgan fingerprint density at radius 2 is 1.68 bits per heavy atom. The van der Waals surface area contributed by atoms with Crippen LogP contribution in [0, 0.1) is 25.7 Å². The van der Waals surface area contributed by atoms with E-state index in [4.69, 9.17) is 9.26 Å². The highest BCUT2D eigenvalue weighted by Gasteiger charge is 2.45. The number of benzene rings is 2. The van der Waals surface area contributed by atoms with E-state index in [2.05, 4.69) is 15.8 Å². The average Bonchev–Trinajstić information content (AvgIpc) is 3.56. The molecule has 12 heteroatoms. The number of aryl methyl sites for hydroxylation is 1. The van der Waals surface area contributed by atoms with E-state index in [9.17, 15) is 24.0 Å². The minimum atomic E-state index is -0.702. The van der Waals surface area contributed by atoms with Gasteiger partial charge in [-0.25, -0.2) is 0 Å². The van der Waals surface area contributed by atoms with Crippen molar-refractivity contribution >= 4 is 29.5 Å². The monoisotopic (exact) mass is 641 g/mol. The number of fused-ring (bicyclic) bond motifs is 2. The van der Waals surface area contributed by atoms with Gasteiger partial charge < -0.3 is 24.8 Å². The lowest BCUT2D eigenvalue weighted by molar-refractivity contribution is -0.146. The molecule has 3 heterocycles. The highest BCUT2D eigenvalue weighted by Crippen LogP contribution is 2.41. The molecule has 3 aromatic rings. The van der Waals surface area contributed by atoms with Crippen molar-refractivity contribution in [3.05, 3.63) is 81.7 Å². The van der Waals surface area contributed by atoms with Crippen molar-refractivity contribution in [3.8, 4) is 5.75 Å². The van der Waals surface area contributed by atoms with Crippen LogP contribution in [0.3, 0.4) is 0 Å². The Bertz CT molecular complexity index is 1700. The number of ether oxygens (including phenoxy) is 1. The van der Waals surface area contributed by atoms with Crippen LogP contribution in [0.4, 0.5) is 0 Å². The fourth-order valence-electron chi connectivity index (χ4n) is 7.07. The molecule has 3 aliphatic rings. The molecule has 2 aromatic carbocycles. The maximum atomic E-state index is 14.4. The minimum absolute atomic E-state index is 0.0651. The molecule has 6 rings (SSSR count). The number of imide groups is 1. The molecule has 0 radical (unpaired) electrons. The smallest absolute Gasteiger partial charge is 0.273 e. The Balaban J connectivity index is 1.29. The molecule has 0 spiro atoms. The molecule has 3 atom stereocenters. The normalized spacial score (nSPS) is 20.4. The number of carbonyl (C=O) groups is 5. The lowest BCUT2D eigenvalue weighted by atomic mass is 9.77. The van der Waals surface area contributed by atoms with Crippen LogP contribution in [-0.2, 0) is 16.0 Å². The summed E-state index contributed by atoms with van der Waals surface area (Å²) in [6, 6.07) is 11.6. The molecule has 1 fully saturated rings. The summed E-state index contributed by atoms with van der Waals surface area (Å²) in [5, 5.41) is 9.35. The Kier molecular flexibility index (Phi) is 9.10. The summed E-state index contributed by atoms with van der Waals surface area (Å²) in [6.07, 6.45) is 3.45. The van der Waals surface area contributed by atoms with E-state index in [-0.39, 0.29) is 43.1 Å². The zero-order valence-corrected chi connectivity index (χ0v) is 26.8. The van der Waals surface area contributed by atoms with Gasteiger partial charge in [-0.15, -0.1) is 0 Å². The molecule has 2 N–H and O–H groups in total. The molecule has 1 aromatic heterocycles. The maximum Gasteiger partial charge on any atom is 0.273 e. The van der Waals surface area contributed by atoms with Crippen molar-refractivity contribution < 1.29 is 33.2 Å². The van der Waals surface area contributed by atoms with Crippen LogP contribution in [0.5, 0.6) is 5.75 Å². The van der Waals surface area contributed by atoms with Crippen LogP contribution in [-0.4, -0.2) is 77.8 Å². The second-order valence-electron chi connectivity index (χ2n) is 12.3. The maximum absolute atomic E-state index is 14.4. The van der Waals surface area contributed by atoms with E-state index in [1.807, 2.05) is 12.1 Å². The number of amides is 5. The molecule has 1 saturated carbocycles. The summed E-state index contributed by atoms with van der Waals surface area (Å²) in [5.41, 5.74) is 3.19. The second-order valence-corrected chi connectivity index (χ2v) is 12.3. The first-order valence-corrected chi connectivity index (χ1v) is 16.1. The number of hydrogen-bond acceptors (Lipinski definition) is 8. The Hall–Kier alpha value is -5.00. The van der Waals surface area contributed by atoms with Gasteiger partial charge in [0.15, 0.2) is 5.69 Å². The van der Waals surface area contributed by atoms with Gasteiger partial charge in [0.2, 0.25) is 11.8 Å². The van der Waals surface area contributed by atoms with Crippen LogP contribution in [0.15, 0.2) is 47.0 Å². The third-order valence-corrected chi connectivity index (χ3v) is 9.69. The van der Waals surface area contributed by atoms with Gasteiger partial charge in [-0.3, -0.25) is 28.9 Å². The number of hydrogen-bond donors (Lipinski definition) is 2. The molecular formula is C35H39N5O7.